The van der Waals surface area contributed by atoms with Crippen LogP contribution in [0, 0.1) is 0 Å². The van der Waals surface area contributed by atoms with E-state index >= 15 is 0 Å². The molecule has 0 bridgehead atoms. The molecular formula is C28H26FN5O4S. The van der Waals surface area contributed by atoms with Gasteiger partial charge in [0.1, 0.15) is 12.0 Å². The van der Waals surface area contributed by atoms with E-state index in [-0.39, 0.29) is 36.0 Å². The number of benzene rings is 1. The van der Waals surface area contributed by atoms with E-state index in [9.17, 15) is 17.6 Å². The number of pyridine rings is 3. The number of carbonyl (C=O) groups excluding carboxylic acids is 1. The van der Waals surface area contributed by atoms with Gasteiger partial charge >= 0.3 is 0 Å². The highest BCUT2D eigenvalue weighted by atomic mass is 32.2. The number of sulfone groups is 1. The Morgan fingerprint density at radius 2 is 1.97 bits per heavy atom. The summed E-state index contributed by atoms with van der Waals surface area (Å²) in [6, 6.07) is 15.8. The molecule has 11 heteroatoms. The number of aromatic nitrogens is 3. The minimum atomic E-state index is -3.51. The van der Waals surface area contributed by atoms with Gasteiger partial charge in [0.2, 0.25) is 0 Å². The van der Waals surface area contributed by atoms with Crippen molar-refractivity contribution < 1.29 is 22.3 Å². The zero-order chi connectivity index (χ0) is 27.0. The van der Waals surface area contributed by atoms with Crippen molar-refractivity contribution in [2.45, 2.75) is 30.6 Å². The maximum Gasteiger partial charge on any atom is 0.251 e. The molecule has 1 atom stereocenters. The Kier molecular flexibility index (Phi) is 6.69. The molecule has 1 fully saturated rings. The molecule has 1 N–H and O–H groups in total. The van der Waals surface area contributed by atoms with Gasteiger partial charge in [-0.2, -0.15) is 0 Å². The van der Waals surface area contributed by atoms with Crippen LogP contribution in [-0.4, -0.2) is 60.9 Å². The molecule has 1 amide bonds. The number of amides is 1. The molecule has 0 radical (unpaired) electrons. The molecular weight excluding hydrogens is 521 g/mol. The number of hydrogen-bond donors (Lipinski definition) is 1. The van der Waals surface area contributed by atoms with Crippen LogP contribution < -0.4 is 10.2 Å². The van der Waals surface area contributed by atoms with Gasteiger partial charge in [0, 0.05) is 23.7 Å². The molecule has 0 unspecified atom stereocenters. The molecule has 4 aromatic rings. The fourth-order valence-electron chi connectivity index (χ4n) is 4.80. The molecule has 5 heterocycles. The van der Waals surface area contributed by atoms with E-state index in [0.29, 0.717) is 47.7 Å². The highest BCUT2D eigenvalue weighted by molar-refractivity contribution is 7.91. The van der Waals surface area contributed by atoms with Crippen molar-refractivity contribution in [3.8, 4) is 11.4 Å². The van der Waals surface area contributed by atoms with E-state index in [1.165, 1.54) is 6.07 Å². The van der Waals surface area contributed by atoms with E-state index in [2.05, 4.69) is 10.3 Å². The molecule has 0 spiro atoms. The zero-order valence-electron chi connectivity index (χ0n) is 21.0. The number of alkyl halides is 1. The van der Waals surface area contributed by atoms with Gasteiger partial charge in [0.05, 0.1) is 59.6 Å². The Hall–Kier alpha value is -3.96. The van der Waals surface area contributed by atoms with Crippen LogP contribution in [-0.2, 0) is 27.7 Å². The largest absolute Gasteiger partial charge is 0.376 e. The summed E-state index contributed by atoms with van der Waals surface area (Å²) in [6.07, 6.45) is 1.37. The molecule has 1 saturated heterocycles. The summed E-state index contributed by atoms with van der Waals surface area (Å²) in [7, 11) is -3.51. The fourth-order valence-corrected chi connectivity index (χ4v) is 6.19. The van der Waals surface area contributed by atoms with Crippen molar-refractivity contribution in [2.75, 3.05) is 30.3 Å². The first-order valence-corrected chi connectivity index (χ1v) is 14.3. The van der Waals surface area contributed by atoms with Crippen molar-refractivity contribution in [3.05, 3.63) is 77.6 Å². The predicted molar refractivity (Wildman–Crippen MR) is 144 cm³/mol. The van der Waals surface area contributed by atoms with E-state index in [0.717, 1.165) is 11.2 Å². The van der Waals surface area contributed by atoms with E-state index < -0.39 is 21.9 Å². The highest BCUT2D eigenvalue weighted by Crippen LogP contribution is 2.26. The topological polar surface area (TPSA) is 114 Å². The Bertz CT molecular complexity index is 1680. The summed E-state index contributed by atoms with van der Waals surface area (Å²) in [6.45, 7) is 1.45. The van der Waals surface area contributed by atoms with Crippen molar-refractivity contribution in [1.29, 1.82) is 0 Å². The summed E-state index contributed by atoms with van der Waals surface area (Å²) in [4.78, 5) is 28.8. The normalized spacial score (nSPS) is 18.5. The average Bonchev–Trinajstić information content (AvgIpc) is 3.33. The van der Waals surface area contributed by atoms with Gasteiger partial charge in [-0.15, -0.1) is 0 Å². The predicted octanol–water partition coefficient (Wildman–Crippen LogP) is 3.47. The maximum absolute atomic E-state index is 13.7. The molecule has 2 aliphatic rings. The third kappa shape index (κ3) is 5.32. The standard InChI is InChI=1S/C28H26FN5O4S/c29-21-8-9-34(16-21)27-3-1-2-23(33-27)24-7-6-19-14-30-22(13-25(19)32-24)15-31-28(35)18-4-5-20-17-38-10-11-39(36,37)26(20)12-18/h1-7,12-14,21H,8-11,15-17H2,(H,31,35)/t21-/m0/s1. The van der Waals surface area contributed by atoms with Crippen LogP contribution in [0.3, 0.4) is 0 Å². The minimum Gasteiger partial charge on any atom is -0.376 e. The number of carbonyl (C=O) groups is 1. The van der Waals surface area contributed by atoms with E-state index in [4.69, 9.17) is 14.7 Å². The first kappa shape index (κ1) is 25.3. The molecule has 1 aromatic carbocycles. The van der Waals surface area contributed by atoms with Gasteiger partial charge in [-0.05, 0) is 54.4 Å². The second-order valence-corrected chi connectivity index (χ2v) is 11.7. The van der Waals surface area contributed by atoms with Gasteiger partial charge in [-0.25, -0.2) is 22.8 Å². The number of nitrogens with zero attached hydrogens (tertiary/aromatic N) is 4. The van der Waals surface area contributed by atoms with Crippen LogP contribution >= 0.6 is 0 Å². The highest BCUT2D eigenvalue weighted by Gasteiger charge is 2.24. The monoisotopic (exact) mass is 547 g/mol. The minimum absolute atomic E-state index is 0.114. The lowest BCUT2D eigenvalue weighted by atomic mass is 10.1. The lowest BCUT2D eigenvalue weighted by molar-refractivity contribution is 0.0950. The van der Waals surface area contributed by atoms with Gasteiger partial charge < -0.3 is 15.0 Å². The molecule has 0 aliphatic carbocycles. The van der Waals surface area contributed by atoms with Crippen LogP contribution in [0.25, 0.3) is 22.3 Å². The van der Waals surface area contributed by atoms with E-state index in [1.807, 2.05) is 35.2 Å². The Labute approximate surface area is 225 Å². The molecule has 39 heavy (non-hydrogen) atoms. The number of nitrogens with one attached hydrogen (secondary N) is 1. The van der Waals surface area contributed by atoms with Gasteiger partial charge in [-0.3, -0.25) is 9.78 Å². The van der Waals surface area contributed by atoms with Crippen molar-refractivity contribution in [1.82, 2.24) is 20.3 Å². The number of rotatable bonds is 5. The van der Waals surface area contributed by atoms with Gasteiger partial charge in [-0.1, -0.05) is 12.1 Å². The van der Waals surface area contributed by atoms with Crippen LogP contribution in [0.4, 0.5) is 10.2 Å². The van der Waals surface area contributed by atoms with E-state index in [1.54, 1.807) is 24.4 Å². The summed E-state index contributed by atoms with van der Waals surface area (Å²) >= 11 is 0. The fraction of sp³-hybridized carbons (Fsp3) is 0.286. The molecule has 6 rings (SSSR count). The van der Waals surface area contributed by atoms with Gasteiger partial charge in [0.15, 0.2) is 9.84 Å². The summed E-state index contributed by atoms with van der Waals surface area (Å²) in [5, 5.41) is 3.65. The summed E-state index contributed by atoms with van der Waals surface area (Å²) < 4.78 is 44.1. The lowest BCUT2D eigenvalue weighted by Crippen LogP contribution is -2.23. The average molecular weight is 548 g/mol. The number of hydrogen-bond acceptors (Lipinski definition) is 8. The second-order valence-electron chi connectivity index (χ2n) is 9.65. The van der Waals surface area contributed by atoms with Crippen molar-refractivity contribution in [2.24, 2.45) is 0 Å². The quantitative estimate of drug-likeness (QED) is 0.404. The zero-order valence-corrected chi connectivity index (χ0v) is 21.8. The molecule has 0 saturated carbocycles. The van der Waals surface area contributed by atoms with Crippen molar-refractivity contribution in [3.63, 3.8) is 0 Å². The second kappa shape index (κ2) is 10.3. The van der Waals surface area contributed by atoms with Crippen molar-refractivity contribution >= 4 is 32.5 Å². The third-order valence-corrected chi connectivity index (χ3v) is 8.68. The molecule has 3 aromatic heterocycles. The van der Waals surface area contributed by atoms with Crippen LogP contribution in [0.1, 0.15) is 28.0 Å². The number of anilines is 1. The third-order valence-electron chi connectivity index (χ3n) is 6.93. The smallest absolute Gasteiger partial charge is 0.251 e. The molecule has 2 aliphatic heterocycles. The maximum atomic E-state index is 13.7. The Morgan fingerprint density at radius 1 is 1.10 bits per heavy atom. The first-order valence-electron chi connectivity index (χ1n) is 12.7. The van der Waals surface area contributed by atoms with Crippen LogP contribution in [0.2, 0.25) is 0 Å². The molecule has 200 valence electrons. The summed E-state index contributed by atoms with van der Waals surface area (Å²) in [5.74, 6) is 0.211. The van der Waals surface area contributed by atoms with Crippen LogP contribution in [0.15, 0.2) is 65.7 Å². The van der Waals surface area contributed by atoms with Gasteiger partial charge in [0.25, 0.3) is 5.91 Å². The SMILES string of the molecule is O=C(NCc1cc2nc(-c3cccc(N4CC[C@H](F)C4)n3)ccc2cn1)c1ccc2c(c1)S(=O)(=O)CCOC2. The molecule has 9 nitrogen and oxygen atoms in total. The summed E-state index contributed by atoms with van der Waals surface area (Å²) in [5.41, 5.74) is 3.46. The lowest BCUT2D eigenvalue weighted by Gasteiger charge is -2.16. The number of ether oxygens (including phenoxy) is 1. The Morgan fingerprint density at radius 3 is 2.82 bits per heavy atom. The first-order chi connectivity index (χ1) is 18.9. The Balaban J connectivity index is 1.20. The number of fused-ring (bicyclic) bond motifs is 2. The number of halogens is 1. The van der Waals surface area contributed by atoms with Crippen LogP contribution in [0.5, 0.6) is 0 Å².